The monoisotopic (exact) mass is 1020 g/mol. The number of fused-ring (bicyclic) bond motifs is 4. The largest absolute Gasteiger partial charge is 0.478 e. The summed E-state index contributed by atoms with van der Waals surface area (Å²) in [6, 6.07) is 25.6. The first kappa shape index (κ1) is 52.6. The Balaban J connectivity index is 0.000000184. The summed E-state index contributed by atoms with van der Waals surface area (Å²) in [6.45, 7) is 26.6. The summed E-state index contributed by atoms with van der Waals surface area (Å²) < 4.78 is 18.4. The molecule has 2 aliphatic rings. The van der Waals surface area contributed by atoms with Crippen LogP contribution in [0.4, 0.5) is 17.3 Å². The van der Waals surface area contributed by atoms with Crippen molar-refractivity contribution in [1.82, 2.24) is 53.2 Å². The maximum Gasteiger partial charge on any atom is 0.329 e. The Morgan fingerprint density at radius 2 is 1.61 bits per heavy atom. The minimum absolute atomic E-state index is 0.000593. The van der Waals surface area contributed by atoms with E-state index in [1.165, 1.54) is 5.69 Å². The van der Waals surface area contributed by atoms with Crippen LogP contribution in [0.3, 0.4) is 0 Å². The number of ether oxygens (including phenoxy) is 2. The predicted octanol–water partition coefficient (Wildman–Crippen LogP) is 9.15. The molecule has 2 aromatic carbocycles. The van der Waals surface area contributed by atoms with E-state index < -0.39 is 0 Å². The van der Waals surface area contributed by atoms with Gasteiger partial charge in [-0.2, -0.15) is 4.98 Å². The third-order valence-corrected chi connectivity index (χ3v) is 14.6. The molecule has 0 aliphatic carbocycles. The fourth-order valence-corrected chi connectivity index (χ4v) is 9.82. The van der Waals surface area contributed by atoms with Crippen LogP contribution in [0.15, 0.2) is 114 Å². The van der Waals surface area contributed by atoms with E-state index in [-0.39, 0.29) is 22.7 Å². The third kappa shape index (κ3) is 11.6. The summed E-state index contributed by atoms with van der Waals surface area (Å²) in [5.41, 5.74) is 7.89. The third-order valence-electron chi connectivity index (χ3n) is 14.6. The summed E-state index contributed by atoms with van der Waals surface area (Å²) in [5, 5.41) is 4.72. The number of rotatable bonds is 15. The Labute approximate surface area is 439 Å². The fourth-order valence-electron chi connectivity index (χ4n) is 9.82. The number of nitrogens with zero attached hydrogens (tertiary/aromatic N) is 12. The minimum atomic E-state index is -0.179. The average Bonchev–Trinajstić information content (AvgIpc) is 3.84. The van der Waals surface area contributed by atoms with Crippen LogP contribution >= 0.6 is 0 Å². The van der Waals surface area contributed by atoms with Gasteiger partial charge in [-0.05, 0) is 114 Å². The lowest BCUT2D eigenvalue weighted by Gasteiger charge is -2.38. The topological polar surface area (TPSA) is 159 Å². The zero-order chi connectivity index (χ0) is 53.0. The van der Waals surface area contributed by atoms with E-state index in [9.17, 15) is 9.59 Å². The predicted molar refractivity (Wildman–Crippen MR) is 301 cm³/mol. The van der Waals surface area contributed by atoms with Gasteiger partial charge in [0.15, 0.2) is 11.5 Å². The molecule has 1 N–H and O–H groups in total. The molecule has 2 aliphatic heterocycles. The highest BCUT2D eigenvalue weighted by Gasteiger charge is 2.25. The number of piperazine rings is 1. The standard InChI is InChI=1S/C30H38N8O.C28H35N5O3/c1-7-15-37-28(39)24-20-31-29(34-27(24)38(37)26-10-8-9-25(33-26)30(4,5)6)32-22-11-13-23(14-12-22)36-18-16-35(17-19-36)21(2)3;1-19(2)31(3)12-5-13-36-26-9-7-21(17-30-26)20-6-8-24-23(16-20)27-25(18-29-24)32(4)28(34)33(27)22-10-14-35-15-11-22/h7-14,20-21H,1,15-19H2,2-6H3,(H,31,32,34);6-9,16-19,22H,5,10-15H2,1-4H3. The van der Waals surface area contributed by atoms with Crippen LogP contribution in [0.25, 0.3) is 49.9 Å². The van der Waals surface area contributed by atoms with E-state index in [0.29, 0.717) is 67.1 Å². The van der Waals surface area contributed by atoms with Gasteiger partial charge in [0.25, 0.3) is 5.56 Å². The zero-order valence-corrected chi connectivity index (χ0v) is 45.2. The molecule has 6 aromatic heterocycles. The number of aryl methyl sites for hydroxylation is 1. The van der Waals surface area contributed by atoms with Crippen LogP contribution in [0, 0.1) is 0 Å². The molecule has 17 nitrogen and oxygen atoms in total. The van der Waals surface area contributed by atoms with E-state index in [1.807, 2.05) is 66.3 Å². The van der Waals surface area contributed by atoms with Crippen LogP contribution in [-0.4, -0.2) is 125 Å². The molecule has 0 bridgehead atoms. The van der Waals surface area contributed by atoms with Crippen molar-refractivity contribution in [2.24, 2.45) is 7.05 Å². The highest BCUT2D eigenvalue weighted by molar-refractivity contribution is 6.04. The molecular formula is C58H73N13O4. The van der Waals surface area contributed by atoms with Gasteiger partial charge in [0.2, 0.25) is 11.8 Å². The van der Waals surface area contributed by atoms with E-state index in [0.717, 1.165) is 96.4 Å². The van der Waals surface area contributed by atoms with E-state index >= 15 is 0 Å². The van der Waals surface area contributed by atoms with Crippen molar-refractivity contribution in [3.8, 4) is 22.8 Å². The maximum atomic E-state index is 13.3. The van der Waals surface area contributed by atoms with Crippen LogP contribution < -0.4 is 26.2 Å². The molecule has 0 unspecified atom stereocenters. The highest BCUT2D eigenvalue weighted by Crippen LogP contribution is 2.32. The number of aromatic nitrogens is 9. The average molecular weight is 1020 g/mol. The van der Waals surface area contributed by atoms with Crippen molar-refractivity contribution in [3.63, 3.8) is 0 Å². The first-order valence-corrected chi connectivity index (χ1v) is 26.4. The van der Waals surface area contributed by atoms with Crippen LogP contribution in [-0.2, 0) is 23.7 Å². The van der Waals surface area contributed by atoms with Crippen molar-refractivity contribution in [2.45, 2.75) is 97.8 Å². The molecule has 0 saturated carbocycles. The van der Waals surface area contributed by atoms with Crippen molar-refractivity contribution < 1.29 is 9.47 Å². The summed E-state index contributed by atoms with van der Waals surface area (Å²) in [7, 11) is 3.95. The second kappa shape index (κ2) is 22.7. The summed E-state index contributed by atoms with van der Waals surface area (Å²) >= 11 is 0. The Morgan fingerprint density at radius 1 is 0.867 bits per heavy atom. The van der Waals surface area contributed by atoms with Gasteiger partial charge in [0, 0.05) is 123 Å². The Hall–Kier alpha value is -7.21. The first-order chi connectivity index (χ1) is 36.1. The molecule has 8 heterocycles. The number of benzene rings is 2. The summed E-state index contributed by atoms with van der Waals surface area (Å²) in [5.74, 6) is 1.67. The quantitative estimate of drug-likeness (QED) is 0.0767. The zero-order valence-electron chi connectivity index (χ0n) is 45.2. The van der Waals surface area contributed by atoms with Gasteiger partial charge in [-0.25, -0.2) is 29.1 Å². The van der Waals surface area contributed by atoms with Crippen LogP contribution in [0.2, 0.25) is 0 Å². The number of anilines is 3. The van der Waals surface area contributed by atoms with Gasteiger partial charge in [-0.3, -0.25) is 23.8 Å². The molecule has 17 heteroatoms. The first-order valence-electron chi connectivity index (χ1n) is 26.4. The van der Waals surface area contributed by atoms with Gasteiger partial charge in [-0.15, -0.1) is 6.58 Å². The number of allylic oxidation sites excluding steroid dienone is 1. The number of imidazole rings is 1. The fraction of sp³-hybridized carbons (Fsp3) is 0.431. The molecule has 8 aromatic rings. The number of hydrogen-bond donors (Lipinski definition) is 1. The molecule has 0 spiro atoms. The molecule has 0 radical (unpaired) electrons. The molecule has 2 fully saturated rings. The summed E-state index contributed by atoms with van der Waals surface area (Å²) in [6.07, 6.45) is 9.56. The van der Waals surface area contributed by atoms with Gasteiger partial charge in [0.1, 0.15) is 5.39 Å². The van der Waals surface area contributed by atoms with Crippen molar-refractivity contribution >= 4 is 50.3 Å². The van der Waals surface area contributed by atoms with Crippen LogP contribution in [0.1, 0.15) is 79.5 Å². The van der Waals surface area contributed by atoms with Crippen LogP contribution in [0.5, 0.6) is 5.88 Å². The maximum absolute atomic E-state index is 13.3. The lowest BCUT2D eigenvalue weighted by Crippen LogP contribution is -2.48. The molecular weight excluding hydrogens is 943 g/mol. The lowest BCUT2D eigenvalue weighted by atomic mass is 9.92. The van der Waals surface area contributed by atoms with Crippen molar-refractivity contribution in [3.05, 3.63) is 131 Å². The smallest absolute Gasteiger partial charge is 0.329 e. The normalized spacial score (nSPS) is 14.9. The molecule has 2 saturated heterocycles. The van der Waals surface area contributed by atoms with Gasteiger partial charge >= 0.3 is 5.69 Å². The second-order valence-electron chi connectivity index (χ2n) is 21.3. The molecule has 394 valence electrons. The van der Waals surface area contributed by atoms with Gasteiger partial charge < -0.3 is 24.6 Å². The SMILES string of the molecule is C=CCn1c(=O)c2cnc(Nc3ccc(N4CCN(C(C)C)CC4)cc3)nc2n1-c1cccc(C(C)(C)C)n1.CC(C)N(C)CCCOc1ccc(-c2ccc3ncc4c(c3c2)n(C2CCOCC2)c(=O)n4C)cn1. The van der Waals surface area contributed by atoms with E-state index in [2.05, 4.69) is 121 Å². The van der Waals surface area contributed by atoms with Gasteiger partial charge in [0.05, 0.1) is 35.9 Å². The minimum Gasteiger partial charge on any atom is -0.478 e. The summed E-state index contributed by atoms with van der Waals surface area (Å²) in [4.78, 5) is 57.0. The number of nitrogens with one attached hydrogen (secondary N) is 1. The Kier molecular flexibility index (Phi) is 16.0. The Bertz CT molecular complexity index is 3370. The van der Waals surface area contributed by atoms with Gasteiger partial charge in [-0.1, -0.05) is 39.0 Å². The van der Waals surface area contributed by atoms with E-state index in [1.54, 1.807) is 32.4 Å². The Morgan fingerprint density at radius 3 is 2.29 bits per heavy atom. The van der Waals surface area contributed by atoms with E-state index in [4.69, 9.17) is 19.4 Å². The highest BCUT2D eigenvalue weighted by atomic mass is 16.5. The second-order valence-corrected chi connectivity index (χ2v) is 21.3. The van der Waals surface area contributed by atoms with Crippen molar-refractivity contribution in [2.75, 3.05) is 69.8 Å². The molecule has 0 amide bonds. The number of pyridine rings is 3. The lowest BCUT2D eigenvalue weighted by molar-refractivity contribution is 0.0697. The number of hydrogen-bond acceptors (Lipinski definition) is 13. The molecule has 0 atom stereocenters. The molecule has 10 rings (SSSR count). The van der Waals surface area contributed by atoms with Crippen molar-refractivity contribution in [1.29, 1.82) is 0 Å². The molecule has 75 heavy (non-hydrogen) atoms.